The van der Waals surface area contributed by atoms with Gasteiger partial charge in [-0.25, -0.2) is 9.97 Å². The molecule has 1 aromatic heterocycles. The van der Waals surface area contributed by atoms with Crippen molar-refractivity contribution in [3.63, 3.8) is 0 Å². The van der Waals surface area contributed by atoms with Crippen LogP contribution in [-0.2, 0) is 9.59 Å². The van der Waals surface area contributed by atoms with Gasteiger partial charge >= 0.3 is 0 Å². The predicted molar refractivity (Wildman–Crippen MR) is 103 cm³/mol. The number of piperazine rings is 1. The van der Waals surface area contributed by atoms with Crippen LogP contribution in [0.15, 0.2) is 11.2 Å². The molecule has 2 heterocycles. The Balaban J connectivity index is 1.55. The van der Waals surface area contributed by atoms with Crippen LogP contribution in [-0.4, -0.2) is 65.2 Å². The van der Waals surface area contributed by atoms with E-state index in [0.717, 1.165) is 38.2 Å². The quantitative estimate of drug-likeness (QED) is 0.429. The molecule has 1 saturated carbocycles. The van der Waals surface area contributed by atoms with E-state index in [1.807, 2.05) is 11.8 Å². The average Bonchev–Trinajstić information content (AvgIpc) is 3.49. The van der Waals surface area contributed by atoms with Crippen LogP contribution < -0.4 is 10.2 Å². The summed E-state index contributed by atoms with van der Waals surface area (Å²) in [7, 11) is 0. The first-order chi connectivity index (χ1) is 12.6. The number of nitrogens with zero attached hydrogens (tertiary/aromatic N) is 4. The first-order valence-corrected chi connectivity index (χ1v) is 10.4. The van der Waals surface area contributed by atoms with Gasteiger partial charge in [0.2, 0.25) is 11.8 Å². The minimum absolute atomic E-state index is 0.0332. The Bertz CT molecular complexity index is 663. The van der Waals surface area contributed by atoms with Gasteiger partial charge in [-0.1, -0.05) is 30.3 Å². The Morgan fingerprint density at radius 3 is 2.65 bits per heavy atom. The van der Waals surface area contributed by atoms with Crippen LogP contribution in [0.4, 0.5) is 5.82 Å². The van der Waals surface area contributed by atoms with Crippen molar-refractivity contribution in [2.75, 3.05) is 43.4 Å². The second-order valence-electron chi connectivity index (χ2n) is 6.56. The molecule has 0 atom stereocenters. The molecule has 2 amide bonds. The molecule has 3 rings (SSSR count). The van der Waals surface area contributed by atoms with Gasteiger partial charge in [-0.2, -0.15) is 0 Å². The van der Waals surface area contributed by atoms with E-state index in [2.05, 4.69) is 20.2 Å². The van der Waals surface area contributed by atoms with Crippen molar-refractivity contribution in [2.24, 2.45) is 5.92 Å². The van der Waals surface area contributed by atoms with E-state index in [9.17, 15) is 9.59 Å². The monoisotopic (exact) mass is 397 g/mol. The highest BCUT2D eigenvalue weighted by Crippen LogP contribution is 2.31. The smallest absolute Gasteiger partial charge is 0.230 e. The summed E-state index contributed by atoms with van der Waals surface area (Å²) in [5.41, 5.74) is 0. The first-order valence-electron chi connectivity index (χ1n) is 9.04. The second-order valence-corrected chi connectivity index (χ2v) is 7.89. The molecule has 0 aromatic carbocycles. The van der Waals surface area contributed by atoms with Crippen molar-refractivity contribution in [2.45, 2.75) is 31.3 Å². The number of hydrogen-bond donors (Lipinski definition) is 1. The number of anilines is 1. The van der Waals surface area contributed by atoms with Gasteiger partial charge in [0.25, 0.3) is 0 Å². The highest BCUT2D eigenvalue weighted by molar-refractivity contribution is 7.99. The number of thioether (sulfide) groups is 1. The third-order valence-corrected chi connectivity index (χ3v) is 5.45. The molecular weight excluding hydrogens is 374 g/mol. The highest BCUT2D eigenvalue weighted by atomic mass is 35.5. The van der Waals surface area contributed by atoms with Gasteiger partial charge < -0.3 is 15.1 Å². The fraction of sp³-hybridized carbons (Fsp3) is 0.647. The molecule has 0 spiro atoms. The summed E-state index contributed by atoms with van der Waals surface area (Å²) >= 11 is 7.42. The average molecular weight is 398 g/mol. The number of nitrogens with one attached hydrogen (secondary N) is 1. The largest absolute Gasteiger partial charge is 0.355 e. The lowest BCUT2D eigenvalue weighted by Crippen LogP contribution is -2.49. The van der Waals surface area contributed by atoms with Gasteiger partial charge in [-0.3, -0.25) is 9.59 Å². The van der Waals surface area contributed by atoms with Gasteiger partial charge in [0.1, 0.15) is 11.0 Å². The lowest BCUT2D eigenvalue weighted by atomic mass is 10.2. The Morgan fingerprint density at radius 2 is 2.00 bits per heavy atom. The first kappa shape index (κ1) is 19.2. The zero-order chi connectivity index (χ0) is 18.5. The van der Waals surface area contributed by atoms with E-state index in [4.69, 9.17) is 11.6 Å². The minimum atomic E-state index is -0.0332. The maximum Gasteiger partial charge on any atom is 0.230 e. The van der Waals surface area contributed by atoms with Crippen LogP contribution in [0.2, 0.25) is 5.15 Å². The van der Waals surface area contributed by atoms with Crippen LogP contribution in [0.1, 0.15) is 26.2 Å². The number of hydrogen-bond acceptors (Lipinski definition) is 6. The summed E-state index contributed by atoms with van der Waals surface area (Å²) in [6, 6.07) is 1.74. The van der Waals surface area contributed by atoms with Crippen LogP contribution in [0.3, 0.4) is 0 Å². The van der Waals surface area contributed by atoms with Crippen molar-refractivity contribution in [3.05, 3.63) is 11.2 Å². The summed E-state index contributed by atoms with van der Waals surface area (Å²) in [4.78, 5) is 36.7. The molecule has 142 valence electrons. The van der Waals surface area contributed by atoms with Crippen LogP contribution in [0, 0.1) is 5.92 Å². The molecule has 1 saturated heterocycles. The second kappa shape index (κ2) is 8.90. The molecule has 1 aliphatic heterocycles. The van der Waals surface area contributed by atoms with Crippen LogP contribution in [0.25, 0.3) is 0 Å². The zero-order valence-corrected chi connectivity index (χ0v) is 16.5. The van der Waals surface area contributed by atoms with Crippen molar-refractivity contribution >= 4 is 41.0 Å². The Labute approximate surface area is 162 Å². The molecule has 9 heteroatoms. The van der Waals surface area contributed by atoms with Crippen molar-refractivity contribution < 1.29 is 9.59 Å². The highest BCUT2D eigenvalue weighted by Gasteiger charge is 2.34. The SMILES string of the molecule is CCCNC(=O)CSc1nc(Cl)cc(N2CCN(C(=O)C3CC3)CC2)n1. The van der Waals surface area contributed by atoms with Gasteiger partial charge in [0, 0.05) is 44.7 Å². The lowest BCUT2D eigenvalue weighted by Gasteiger charge is -2.35. The van der Waals surface area contributed by atoms with E-state index in [1.54, 1.807) is 6.07 Å². The molecule has 0 unspecified atom stereocenters. The number of halogens is 1. The molecule has 0 bridgehead atoms. The van der Waals surface area contributed by atoms with E-state index in [1.165, 1.54) is 11.8 Å². The summed E-state index contributed by atoms with van der Waals surface area (Å²) in [5, 5.41) is 3.69. The maximum atomic E-state index is 12.2. The summed E-state index contributed by atoms with van der Waals surface area (Å²) in [6.07, 6.45) is 2.98. The molecule has 2 aliphatic rings. The fourth-order valence-electron chi connectivity index (χ4n) is 2.80. The number of carbonyl (C=O) groups is 2. The van der Waals surface area contributed by atoms with Gasteiger partial charge in [0.05, 0.1) is 5.75 Å². The molecule has 1 aromatic rings. The lowest BCUT2D eigenvalue weighted by molar-refractivity contribution is -0.132. The molecule has 0 radical (unpaired) electrons. The number of rotatable bonds is 7. The minimum Gasteiger partial charge on any atom is -0.355 e. The molecule has 1 N–H and O–H groups in total. The van der Waals surface area contributed by atoms with Crippen LogP contribution in [0.5, 0.6) is 0 Å². The van der Waals surface area contributed by atoms with E-state index < -0.39 is 0 Å². The normalized spacial score (nSPS) is 17.3. The van der Waals surface area contributed by atoms with Crippen molar-refractivity contribution in [1.29, 1.82) is 0 Å². The molecular formula is C17H24ClN5O2S. The van der Waals surface area contributed by atoms with Gasteiger partial charge in [0.15, 0.2) is 5.16 Å². The molecule has 1 aliphatic carbocycles. The van der Waals surface area contributed by atoms with Gasteiger partial charge in [-0.15, -0.1) is 0 Å². The number of amides is 2. The summed E-state index contributed by atoms with van der Waals surface area (Å²) in [5.74, 6) is 1.54. The molecule has 7 nitrogen and oxygen atoms in total. The van der Waals surface area contributed by atoms with Crippen molar-refractivity contribution in [1.82, 2.24) is 20.2 Å². The fourth-order valence-corrected chi connectivity index (χ4v) is 3.71. The van der Waals surface area contributed by atoms with Crippen LogP contribution >= 0.6 is 23.4 Å². The molecule has 26 heavy (non-hydrogen) atoms. The van der Waals surface area contributed by atoms with Crippen molar-refractivity contribution in [3.8, 4) is 0 Å². The topological polar surface area (TPSA) is 78.4 Å². The predicted octanol–water partition coefficient (Wildman–Crippen LogP) is 1.81. The standard InChI is InChI=1S/C17H24ClN5O2S/c1-2-5-19-15(24)11-26-17-20-13(18)10-14(21-17)22-6-8-23(9-7-22)16(25)12-3-4-12/h10,12H,2-9,11H2,1H3,(H,19,24). The summed E-state index contributed by atoms with van der Waals surface area (Å²) < 4.78 is 0. The third-order valence-electron chi connectivity index (χ3n) is 4.41. The van der Waals surface area contributed by atoms with E-state index in [0.29, 0.717) is 35.9 Å². The zero-order valence-electron chi connectivity index (χ0n) is 14.9. The summed E-state index contributed by atoms with van der Waals surface area (Å²) in [6.45, 7) is 5.56. The van der Waals surface area contributed by atoms with Gasteiger partial charge in [-0.05, 0) is 19.3 Å². The van der Waals surface area contributed by atoms with E-state index >= 15 is 0 Å². The van der Waals surface area contributed by atoms with E-state index in [-0.39, 0.29) is 17.6 Å². The number of carbonyl (C=O) groups excluding carboxylic acids is 2. The Kier molecular flexibility index (Phi) is 6.58. The Hall–Kier alpha value is -1.54. The number of aromatic nitrogens is 2. The third kappa shape index (κ3) is 5.23. The molecule has 2 fully saturated rings. The maximum absolute atomic E-state index is 12.2. The Morgan fingerprint density at radius 1 is 1.27 bits per heavy atom.